The Bertz CT molecular complexity index is 597. The first-order valence-corrected chi connectivity index (χ1v) is 10.7. The van der Waals surface area contributed by atoms with Gasteiger partial charge in [-0.05, 0) is 12.1 Å². The number of benzene rings is 1. The molecule has 0 heterocycles. The molecule has 3 nitrogen and oxygen atoms in total. The minimum absolute atomic E-state index is 0.0800. The van der Waals surface area contributed by atoms with Gasteiger partial charge in [0.1, 0.15) is 11.5 Å². The van der Waals surface area contributed by atoms with E-state index < -0.39 is 30.4 Å². The fourth-order valence-corrected chi connectivity index (χ4v) is 3.17. The molecule has 0 saturated heterocycles. The number of alkyl halides is 3. The molecule has 0 bridgehead atoms. The second kappa shape index (κ2) is 8.54. The van der Waals surface area contributed by atoms with Crippen LogP contribution in [0.5, 0.6) is 0 Å². The van der Waals surface area contributed by atoms with E-state index in [1.807, 2.05) is 0 Å². The fourth-order valence-electron chi connectivity index (χ4n) is 1.62. The number of halogens is 9. The Kier molecular flexibility index (Phi) is 8.21. The van der Waals surface area contributed by atoms with E-state index in [2.05, 4.69) is 0 Å². The summed E-state index contributed by atoms with van der Waals surface area (Å²) in [5.74, 6) is 0.677. The number of aliphatic hydroxyl groups excluding tert-OH is 2. The molecule has 0 unspecified atom stereocenters. The summed E-state index contributed by atoms with van der Waals surface area (Å²) in [5, 5.41) is 17.7. The van der Waals surface area contributed by atoms with Crippen LogP contribution >= 0.6 is 7.81 Å². The summed E-state index contributed by atoms with van der Waals surface area (Å²) in [6.45, 7) is -0.160. The third kappa shape index (κ3) is 15.7. The third-order valence-corrected chi connectivity index (χ3v) is 4.82. The number of carbonyl (C=O) groups excluding carboxylic acids is 1. The molecular formula is C13H16F9O3PS. The van der Waals surface area contributed by atoms with Gasteiger partial charge in [-0.1, -0.05) is 12.1 Å². The van der Waals surface area contributed by atoms with E-state index in [9.17, 15) is 43.1 Å². The van der Waals surface area contributed by atoms with Crippen molar-refractivity contribution < 1.29 is 53.4 Å². The molecule has 1 aromatic rings. The molecule has 0 amide bonds. The summed E-state index contributed by atoms with van der Waals surface area (Å²) in [4.78, 5) is 11.9. The van der Waals surface area contributed by atoms with Crippen LogP contribution in [0.25, 0.3) is 0 Å². The molecule has 0 fully saturated rings. The average Bonchev–Trinajstić information content (AvgIpc) is 2.43. The summed E-state index contributed by atoms with van der Waals surface area (Å²) < 4.78 is 96.4. The van der Waals surface area contributed by atoms with Crippen molar-refractivity contribution in [2.75, 3.05) is 30.5 Å². The Morgan fingerprint density at radius 1 is 0.889 bits per heavy atom. The van der Waals surface area contributed by atoms with Crippen LogP contribution in [-0.4, -0.2) is 46.5 Å². The molecule has 0 aliphatic carbocycles. The van der Waals surface area contributed by atoms with Crippen molar-refractivity contribution in [3.05, 3.63) is 35.4 Å². The predicted octanol–water partition coefficient (Wildman–Crippen LogP) is 4.87. The molecular weight excluding hydrogens is 438 g/mol. The number of aliphatic hydroxyl groups is 2. The molecule has 14 heteroatoms. The zero-order valence-electron chi connectivity index (χ0n) is 13.4. The van der Waals surface area contributed by atoms with Crippen LogP contribution in [0.2, 0.25) is 0 Å². The van der Waals surface area contributed by atoms with Crippen LogP contribution in [0, 0.1) is 0 Å². The first-order valence-electron chi connectivity index (χ1n) is 6.96. The standard InChI is InChI=1S/C13H16F3O3S.F6P/c14-13(15,16)11-3-1-10(2-4-11)12(19)9-20(7-5-17)8-6-18;1-7(2,3,4,5)6/h1-4,17-18H,5-9H2;/q+1;-1. The van der Waals surface area contributed by atoms with Gasteiger partial charge in [-0.15, -0.1) is 0 Å². The largest absolute Gasteiger partial charge is 0.416 e. The smallest absolute Gasteiger partial charge is 0.391 e. The van der Waals surface area contributed by atoms with Gasteiger partial charge >= 0.3 is 39.2 Å². The minimum Gasteiger partial charge on any atom is -0.391 e. The van der Waals surface area contributed by atoms with E-state index in [1.165, 1.54) is 0 Å². The molecule has 0 spiro atoms. The normalized spacial score (nSPS) is 14.8. The molecule has 0 aliphatic rings. The van der Waals surface area contributed by atoms with E-state index in [4.69, 9.17) is 10.2 Å². The van der Waals surface area contributed by atoms with Crippen LogP contribution in [0.3, 0.4) is 0 Å². The molecule has 1 aromatic carbocycles. The van der Waals surface area contributed by atoms with E-state index in [0.717, 1.165) is 24.3 Å². The van der Waals surface area contributed by atoms with Crippen molar-refractivity contribution in [2.45, 2.75) is 6.18 Å². The van der Waals surface area contributed by atoms with E-state index in [0.29, 0.717) is 11.5 Å². The predicted molar refractivity (Wildman–Crippen MR) is 85.5 cm³/mol. The van der Waals surface area contributed by atoms with Crippen LogP contribution in [0.1, 0.15) is 15.9 Å². The van der Waals surface area contributed by atoms with Crippen LogP contribution < -0.4 is 0 Å². The Labute approximate surface area is 150 Å². The average molecular weight is 454 g/mol. The van der Waals surface area contributed by atoms with Gasteiger partial charge in [0.15, 0.2) is 5.75 Å². The maximum absolute atomic E-state index is 12.4. The first-order chi connectivity index (χ1) is 11.8. The number of Topliss-reactive ketones (excluding diaryl/α,β-unsaturated/α-hetero) is 1. The van der Waals surface area contributed by atoms with Gasteiger partial charge in [-0.25, -0.2) is 0 Å². The van der Waals surface area contributed by atoms with Gasteiger partial charge in [0.25, 0.3) is 0 Å². The van der Waals surface area contributed by atoms with Crippen LogP contribution in [-0.2, 0) is 17.1 Å². The number of hydrogen-bond acceptors (Lipinski definition) is 3. The van der Waals surface area contributed by atoms with Crippen molar-refractivity contribution >= 4 is 24.5 Å². The summed E-state index contributed by atoms with van der Waals surface area (Å²) in [5.41, 5.74) is -0.579. The maximum atomic E-state index is 12.4. The fraction of sp³-hybridized carbons (Fsp3) is 0.462. The molecule has 1 rings (SSSR count). The third-order valence-electron chi connectivity index (χ3n) is 2.63. The first kappa shape index (κ1) is 26.0. The van der Waals surface area contributed by atoms with E-state index in [1.54, 1.807) is 0 Å². The summed E-state index contributed by atoms with van der Waals surface area (Å²) >= 11 is 0. The second-order valence-electron chi connectivity index (χ2n) is 5.07. The van der Waals surface area contributed by atoms with Crippen molar-refractivity contribution in [3.63, 3.8) is 0 Å². The van der Waals surface area contributed by atoms with E-state index >= 15 is 0 Å². The van der Waals surface area contributed by atoms with Gasteiger partial charge in [0.2, 0.25) is 5.78 Å². The molecule has 0 atom stereocenters. The Morgan fingerprint density at radius 3 is 1.56 bits per heavy atom. The summed E-state index contributed by atoms with van der Waals surface area (Å²) in [6, 6.07) is 4.07. The monoisotopic (exact) mass is 454 g/mol. The topological polar surface area (TPSA) is 57.5 Å². The van der Waals surface area contributed by atoms with Crippen molar-refractivity contribution in [2.24, 2.45) is 0 Å². The Balaban J connectivity index is 0.000000821. The second-order valence-corrected chi connectivity index (χ2v) is 9.32. The van der Waals surface area contributed by atoms with Gasteiger partial charge in [-0.3, -0.25) is 4.79 Å². The molecule has 2 N–H and O–H groups in total. The molecule has 160 valence electrons. The molecule has 0 radical (unpaired) electrons. The maximum Gasteiger partial charge on any atom is 0.416 e. The van der Waals surface area contributed by atoms with E-state index in [-0.39, 0.29) is 30.3 Å². The molecule has 27 heavy (non-hydrogen) atoms. The summed E-state index contributed by atoms with van der Waals surface area (Å²) in [7, 11) is -11.1. The Morgan fingerprint density at radius 2 is 1.26 bits per heavy atom. The number of carbonyl (C=O) groups is 1. The molecule has 0 aromatic heterocycles. The van der Waals surface area contributed by atoms with Crippen molar-refractivity contribution in [1.29, 1.82) is 0 Å². The number of ketones is 1. The van der Waals surface area contributed by atoms with Gasteiger partial charge < -0.3 is 10.2 Å². The van der Waals surface area contributed by atoms with Gasteiger partial charge in [0, 0.05) is 16.5 Å². The van der Waals surface area contributed by atoms with Crippen molar-refractivity contribution in [3.8, 4) is 0 Å². The number of rotatable bonds is 7. The zero-order chi connectivity index (χ0) is 21.6. The minimum atomic E-state index is -10.7. The SMILES string of the molecule is F[P-](F)(F)(F)(F)F.O=C(C[S+](CCO)CCO)c1ccc(C(F)(F)F)cc1. The summed E-state index contributed by atoms with van der Waals surface area (Å²) in [6.07, 6.45) is -4.42. The number of hydrogen-bond donors (Lipinski definition) is 2. The van der Waals surface area contributed by atoms with Crippen LogP contribution in [0.15, 0.2) is 24.3 Å². The molecule has 0 aliphatic heterocycles. The molecule has 0 saturated carbocycles. The Hall–Kier alpha value is -1.04. The van der Waals surface area contributed by atoms with Crippen LogP contribution in [0.4, 0.5) is 38.4 Å². The van der Waals surface area contributed by atoms with Gasteiger partial charge in [-0.2, -0.15) is 13.2 Å². The van der Waals surface area contributed by atoms with Gasteiger partial charge in [0.05, 0.1) is 18.8 Å². The quantitative estimate of drug-likeness (QED) is 0.268. The van der Waals surface area contributed by atoms with Crippen molar-refractivity contribution in [1.82, 2.24) is 0 Å². The zero-order valence-corrected chi connectivity index (χ0v) is 15.1.